The number of halogens is 3. The molecule has 0 amide bonds. The molecule has 0 aromatic heterocycles. The Bertz CT molecular complexity index is 355. The maximum atomic E-state index is 13.3. The van der Waals surface area contributed by atoms with Crippen molar-refractivity contribution in [3.05, 3.63) is 34.4 Å². The van der Waals surface area contributed by atoms with Gasteiger partial charge in [0.1, 0.15) is 11.6 Å². The average molecular weight is 222 g/mol. The molecule has 5 heteroatoms. The third-order valence-corrected chi connectivity index (χ3v) is 2.24. The number of aliphatic hydroxyl groups excluding tert-OH is 1. The van der Waals surface area contributed by atoms with Gasteiger partial charge >= 0.3 is 0 Å². The summed E-state index contributed by atoms with van der Waals surface area (Å²) < 4.78 is 26.3. The minimum atomic E-state index is -1.31. The number of benzene rings is 1. The first kappa shape index (κ1) is 11.4. The molecule has 0 aliphatic rings. The highest BCUT2D eigenvalue weighted by atomic mass is 35.5. The molecule has 0 radical (unpaired) electrons. The van der Waals surface area contributed by atoms with Gasteiger partial charge in [0, 0.05) is 5.56 Å². The van der Waals surface area contributed by atoms with Crippen LogP contribution in [0.3, 0.4) is 0 Å². The maximum absolute atomic E-state index is 13.3. The van der Waals surface area contributed by atoms with Gasteiger partial charge < -0.3 is 10.8 Å². The molecule has 0 saturated carbocycles. The van der Waals surface area contributed by atoms with Crippen LogP contribution in [0.1, 0.15) is 12.5 Å². The van der Waals surface area contributed by atoms with Gasteiger partial charge in [0.15, 0.2) is 0 Å². The fourth-order valence-electron chi connectivity index (χ4n) is 1.05. The predicted molar refractivity (Wildman–Crippen MR) is 50.0 cm³/mol. The Morgan fingerprint density at radius 1 is 1.43 bits per heavy atom. The second-order valence-corrected chi connectivity index (χ2v) is 3.73. The van der Waals surface area contributed by atoms with E-state index in [1.165, 1.54) is 6.92 Å². The largest absolute Gasteiger partial charge is 0.394 e. The lowest BCUT2D eigenvalue weighted by molar-refractivity contribution is 0.206. The van der Waals surface area contributed by atoms with Crippen LogP contribution in [0.25, 0.3) is 0 Å². The van der Waals surface area contributed by atoms with Crippen molar-refractivity contribution in [1.82, 2.24) is 0 Å². The summed E-state index contributed by atoms with van der Waals surface area (Å²) in [4.78, 5) is 0. The summed E-state index contributed by atoms with van der Waals surface area (Å²) >= 11 is 5.36. The molecule has 0 aliphatic carbocycles. The summed E-state index contributed by atoms with van der Waals surface area (Å²) in [7, 11) is 0. The van der Waals surface area contributed by atoms with Crippen molar-refractivity contribution in [2.24, 2.45) is 5.73 Å². The number of nitrogens with two attached hydrogens (primary N) is 1. The van der Waals surface area contributed by atoms with E-state index in [0.29, 0.717) is 0 Å². The molecule has 1 aromatic carbocycles. The van der Waals surface area contributed by atoms with Crippen LogP contribution in [0, 0.1) is 11.6 Å². The van der Waals surface area contributed by atoms with E-state index in [4.69, 9.17) is 22.4 Å². The van der Waals surface area contributed by atoms with Crippen molar-refractivity contribution in [3.8, 4) is 0 Å². The fourth-order valence-corrected chi connectivity index (χ4v) is 1.20. The van der Waals surface area contributed by atoms with Crippen LogP contribution in [0.15, 0.2) is 12.1 Å². The van der Waals surface area contributed by atoms with Crippen LogP contribution in [0.2, 0.25) is 5.02 Å². The van der Waals surface area contributed by atoms with Gasteiger partial charge in [0.05, 0.1) is 17.2 Å². The van der Waals surface area contributed by atoms with Crippen LogP contribution in [0.5, 0.6) is 0 Å². The van der Waals surface area contributed by atoms with Crippen molar-refractivity contribution in [1.29, 1.82) is 0 Å². The highest BCUT2D eigenvalue weighted by molar-refractivity contribution is 6.30. The van der Waals surface area contributed by atoms with Gasteiger partial charge in [-0.2, -0.15) is 0 Å². The van der Waals surface area contributed by atoms with Crippen molar-refractivity contribution < 1.29 is 13.9 Å². The average Bonchev–Trinajstić information content (AvgIpc) is 2.11. The lowest BCUT2D eigenvalue weighted by Gasteiger charge is -2.22. The number of hydrogen-bond acceptors (Lipinski definition) is 2. The summed E-state index contributed by atoms with van der Waals surface area (Å²) in [6, 6.07) is 1.74. The minimum absolute atomic E-state index is 0.0955. The molecular weight excluding hydrogens is 212 g/mol. The quantitative estimate of drug-likeness (QED) is 0.748. The van der Waals surface area contributed by atoms with Crippen LogP contribution in [0.4, 0.5) is 8.78 Å². The smallest absolute Gasteiger partial charge is 0.142 e. The molecule has 0 fully saturated rings. The maximum Gasteiger partial charge on any atom is 0.142 e. The third-order valence-electron chi connectivity index (χ3n) is 1.95. The van der Waals surface area contributed by atoms with Crippen molar-refractivity contribution in [2.45, 2.75) is 12.5 Å². The van der Waals surface area contributed by atoms with E-state index in [-0.39, 0.29) is 10.6 Å². The monoisotopic (exact) mass is 221 g/mol. The van der Waals surface area contributed by atoms with Gasteiger partial charge in [-0.3, -0.25) is 0 Å². The van der Waals surface area contributed by atoms with E-state index < -0.39 is 23.8 Å². The molecular formula is C9H10ClF2NO. The second-order valence-electron chi connectivity index (χ2n) is 3.32. The fraction of sp³-hybridized carbons (Fsp3) is 0.333. The lowest BCUT2D eigenvalue weighted by atomic mass is 9.93. The van der Waals surface area contributed by atoms with Crippen molar-refractivity contribution >= 4 is 11.6 Å². The van der Waals surface area contributed by atoms with E-state index in [2.05, 4.69) is 0 Å². The molecule has 0 saturated heterocycles. The Labute approximate surface area is 85.3 Å². The molecule has 1 rings (SSSR count). The number of aliphatic hydroxyl groups is 1. The Hall–Kier alpha value is -0.710. The summed E-state index contributed by atoms with van der Waals surface area (Å²) in [5, 5.41) is 8.58. The summed E-state index contributed by atoms with van der Waals surface area (Å²) in [5.74, 6) is -1.48. The highest BCUT2D eigenvalue weighted by Gasteiger charge is 2.25. The second kappa shape index (κ2) is 3.81. The zero-order valence-corrected chi connectivity index (χ0v) is 8.28. The Morgan fingerprint density at radius 3 is 2.50 bits per heavy atom. The topological polar surface area (TPSA) is 46.2 Å². The van der Waals surface area contributed by atoms with Crippen molar-refractivity contribution in [3.63, 3.8) is 0 Å². The zero-order valence-electron chi connectivity index (χ0n) is 7.52. The highest BCUT2D eigenvalue weighted by Crippen LogP contribution is 2.25. The summed E-state index contributed by atoms with van der Waals surface area (Å²) in [6.45, 7) is 0.920. The normalized spacial score (nSPS) is 15.3. The third kappa shape index (κ3) is 2.03. The van der Waals surface area contributed by atoms with E-state index in [9.17, 15) is 8.78 Å². The first-order valence-corrected chi connectivity index (χ1v) is 4.31. The van der Waals surface area contributed by atoms with E-state index in [1.54, 1.807) is 0 Å². The molecule has 2 nitrogen and oxygen atoms in total. The van der Waals surface area contributed by atoms with Crippen LogP contribution in [-0.2, 0) is 5.54 Å². The van der Waals surface area contributed by atoms with E-state index >= 15 is 0 Å². The van der Waals surface area contributed by atoms with E-state index in [1.807, 2.05) is 0 Å². The Balaban J connectivity index is 3.29. The molecule has 0 bridgehead atoms. The lowest BCUT2D eigenvalue weighted by Crippen LogP contribution is -2.38. The predicted octanol–water partition coefficient (Wildman–Crippen LogP) is 1.78. The zero-order chi connectivity index (χ0) is 10.9. The molecule has 0 aliphatic heterocycles. The molecule has 0 heterocycles. The standard InChI is InChI=1S/C9H10ClF2NO/c1-9(13,4-14)5-2-8(12)6(10)3-7(5)11/h2-3,14H,4,13H2,1H3/t9-/m0/s1. The van der Waals surface area contributed by atoms with E-state index in [0.717, 1.165) is 12.1 Å². The Kier molecular flexibility index (Phi) is 3.09. The van der Waals surface area contributed by atoms with Gasteiger partial charge in [0.25, 0.3) is 0 Å². The van der Waals surface area contributed by atoms with Gasteiger partial charge in [-0.15, -0.1) is 0 Å². The molecule has 0 unspecified atom stereocenters. The SMILES string of the molecule is C[C@](N)(CO)c1cc(F)c(Cl)cc1F. The number of hydrogen-bond donors (Lipinski definition) is 2. The summed E-state index contributed by atoms with van der Waals surface area (Å²) in [6.07, 6.45) is 0. The van der Waals surface area contributed by atoms with Gasteiger partial charge in [-0.05, 0) is 19.1 Å². The molecule has 14 heavy (non-hydrogen) atoms. The molecule has 1 atom stereocenters. The van der Waals surface area contributed by atoms with Crippen LogP contribution in [-0.4, -0.2) is 11.7 Å². The van der Waals surface area contributed by atoms with Gasteiger partial charge in [-0.1, -0.05) is 11.6 Å². The van der Waals surface area contributed by atoms with Crippen molar-refractivity contribution in [2.75, 3.05) is 6.61 Å². The first-order valence-electron chi connectivity index (χ1n) is 3.93. The molecule has 78 valence electrons. The molecule has 3 N–H and O–H groups in total. The molecule has 0 spiro atoms. The summed E-state index contributed by atoms with van der Waals surface area (Å²) in [5.41, 5.74) is 4.15. The molecule has 1 aromatic rings. The van der Waals surface area contributed by atoms with Crippen LogP contribution < -0.4 is 5.73 Å². The minimum Gasteiger partial charge on any atom is -0.394 e. The van der Waals surface area contributed by atoms with Crippen LogP contribution >= 0.6 is 11.6 Å². The number of rotatable bonds is 2. The van der Waals surface area contributed by atoms with Gasteiger partial charge in [0.2, 0.25) is 0 Å². The Morgan fingerprint density at radius 2 is 2.00 bits per heavy atom. The first-order chi connectivity index (χ1) is 6.38. The van der Waals surface area contributed by atoms with Gasteiger partial charge in [-0.25, -0.2) is 8.78 Å².